The second-order valence-electron chi connectivity index (χ2n) is 4.40. The van der Waals surface area contributed by atoms with E-state index < -0.39 is 23.5 Å². The van der Waals surface area contributed by atoms with E-state index in [-0.39, 0.29) is 16.4 Å². The van der Waals surface area contributed by atoms with Crippen molar-refractivity contribution >= 4 is 17.4 Å². The molecule has 0 saturated carbocycles. The van der Waals surface area contributed by atoms with Crippen LogP contribution in [0.4, 0.5) is 19.0 Å². The van der Waals surface area contributed by atoms with Crippen LogP contribution >= 0.6 is 11.6 Å². The van der Waals surface area contributed by atoms with Gasteiger partial charge in [0, 0.05) is 29.5 Å². The topological polar surface area (TPSA) is 50.9 Å². The Morgan fingerprint density at radius 3 is 2.43 bits per heavy atom. The van der Waals surface area contributed by atoms with Crippen LogP contribution in [0.1, 0.15) is 24.1 Å². The Kier molecular flexibility index (Phi) is 4.69. The molecule has 3 N–H and O–H groups in total. The standard InChI is InChI=1S/C14H13ClF3N3/c1-2-20-13(9-3-7(15)6-21-14(9)19)12-10(17)4-8(16)5-11(12)18/h3-6,13,20H,2H2,1H3,(H2,19,21). The van der Waals surface area contributed by atoms with E-state index in [1.807, 2.05) is 0 Å². The molecule has 0 aliphatic heterocycles. The highest BCUT2D eigenvalue weighted by Crippen LogP contribution is 2.31. The molecule has 2 aromatic rings. The molecule has 0 spiro atoms. The molecular formula is C14H13ClF3N3. The third-order valence-electron chi connectivity index (χ3n) is 2.97. The fraction of sp³-hybridized carbons (Fsp3) is 0.214. The summed E-state index contributed by atoms with van der Waals surface area (Å²) in [6, 6.07) is 1.80. The van der Waals surface area contributed by atoms with Crippen molar-refractivity contribution in [2.24, 2.45) is 0 Å². The second-order valence-corrected chi connectivity index (χ2v) is 4.84. The highest BCUT2D eigenvalue weighted by atomic mass is 35.5. The van der Waals surface area contributed by atoms with Gasteiger partial charge in [-0.1, -0.05) is 18.5 Å². The Morgan fingerprint density at radius 2 is 1.86 bits per heavy atom. The van der Waals surface area contributed by atoms with Crippen LogP contribution in [-0.4, -0.2) is 11.5 Å². The van der Waals surface area contributed by atoms with Gasteiger partial charge >= 0.3 is 0 Å². The molecule has 0 amide bonds. The Morgan fingerprint density at radius 1 is 1.24 bits per heavy atom. The average Bonchev–Trinajstić information content (AvgIpc) is 2.39. The molecule has 1 aromatic heterocycles. The van der Waals surface area contributed by atoms with Crippen LogP contribution in [0.15, 0.2) is 24.4 Å². The van der Waals surface area contributed by atoms with E-state index >= 15 is 0 Å². The number of halogens is 4. The highest BCUT2D eigenvalue weighted by molar-refractivity contribution is 6.30. The molecule has 2 rings (SSSR count). The Bertz CT molecular complexity index is 641. The number of benzene rings is 1. The summed E-state index contributed by atoms with van der Waals surface area (Å²) in [5, 5.41) is 3.19. The van der Waals surface area contributed by atoms with Gasteiger partial charge in [0.2, 0.25) is 0 Å². The van der Waals surface area contributed by atoms with Crippen molar-refractivity contribution in [3.8, 4) is 0 Å². The van der Waals surface area contributed by atoms with Gasteiger partial charge in [0.1, 0.15) is 23.3 Å². The summed E-state index contributed by atoms with van der Waals surface area (Å²) in [5.41, 5.74) is 5.76. The Labute approximate surface area is 124 Å². The molecule has 0 fully saturated rings. The molecule has 0 aliphatic rings. The van der Waals surface area contributed by atoms with Crippen molar-refractivity contribution < 1.29 is 13.2 Å². The quantitative estimate of drug-likeness (QED) is 0.909. The summed E-state index contributed by atoms with van der Waals surface area (Å²) in [6.45, 7) is 2.17. The molecule has 0 radical (unpaired) electrons. The zero-order valence-corrected chi connectivity index (χ0v) is 11.9. The van der Waals surface area contributed by atoms with Gasteiger partial charge in [-0.3, -0.25) is 0 Å². The third kappa shape index (κ3) is 3.28. The van der Waals surface area contributed by atoms with Crippen LogP contribution < -0.4 is 11.1 Å². The predicted octanol–water partition coefficient (Wildman–Crippen LogP) is 3.43. The molecule has 21 heavy (non-hydrogen) atoms. The fourth-order valence-corrected chi connectivity index (χ4v) is 2.26. The van der Waals surface area contributed by atoms with Gasteiger partial charge in [-0.15, -0.1) is 0 Å². The summed E-state index contributed by atoms with van der Waals surface area (Å²) in [5.74, 6) is -2.90. The van der Waals surface area contributed by atoms with E-state index in [4.69, 9.17) is 17.3 Å². The third-order valence-corrected chi connectivity index (χ3v) is 3.17. The maximum absolute atomic E-state index is 14.0. The lowest BCUT2D eigenvalue weighted by Gasteiger charge is -2.21. The number of nitrogens with one attached hydrogen (secondary N) is 1. The van der Waals surface area contributed by atoms with Gasteiger partial charge in [-0.25, -0.2) is 18.2 Å². The van der Waals surface area contributed by atoms with Crippen molar-refractivity contribution in [1.29, 1.82) is 0 Å². The van der Waals surface area contributed by atoms with Crippen molar-refractivity contribution in [2.45, 2.75) is 13.0 Å². The van der Waals surface area contributed by atoms with Crippen molar-refractivity contribution in [1.82, 2.24) is 10.3 Å². The first-order valence-electron chi connectivity index (χ1n) is 6.22. The predicted molar refractivity (Wildman–Crippen MR) is 75.5 cm³/mol. The minimum absolute atomic E-state index is 0.0912. The molecule has 1 atom stereocenters. The lowest BCUT2D eigenvalue weighted by Crippen LogP contribution is -2.25. The van der Waals surface area contributed by atoms with Crippen molar-refractivity contribution in [3.05, 3.63) is 58.0 Å². The first-order valence-corrected chi connectivity index (χ1v) is 6.60. The summed E-state index contributed by atoms with van der Waals surface area (Å²) in [4.78, 5) is 3.87. The number of aromatic nitrogens is 1. The number of nitrogen functional groups attached to an aromatic ring is 1. The maximum atomic E-state index is 14.0. The monoisotopic (exact) mass is 315 g/mol. The number of rotatable bonds is 4. The number of anilines is 1. The van der Waals surface area contributed by atoms with Crippen LogP contribution in [-0.2, 0) is 0 Å². The number of hydrogen-bond acceptors (Lipinski definition) is 3. The smallest absolute Gasteiger partial charge is 0.134 e. The minimum atomic E-state index is -1.00. The number of hydrogen-bond donors (Lipinski definition) is 2. The van der Waals surface area contributed by atoms with Gasteiger partial charge in [-0.05, 0) is 12.6 Å². The summed E-state index contributed by atoms with van der Waals surface area (Å²) in [6.07, 6.45) is 1.33. The molecular weight excluding hydrogens is 303 g/mol. The lowest BCUT2D eigenvalue weighted by molar-refractivity contribution is 0.492. The summed E-state index contributed by atoms with van der Waals surface area (Å²) in [7, 11) is 0. The SMILES string of the molecule is CCNC(c1cc(Cl)cnc1N)c1c(F)cc(F)cc1F. The Hall–Kier alpha value is -1.79. The highest BCUT2D eigenvalue weighted by Gasteiger charge is 2.24. The van der Waals surface area contributed by atoms with Crippen LogP contribution in [0.25, 0.3) is 0 Å². The van der Waals surface area contributed by atoms with Gasteiger partial charge < -0.3 is 11.1 Å². The zero-order chi connectivity index (χ0) is 15.6. The van der Waals surface area contributed by atoms with Crippen LogP contribution in [0.2, 0.25) is 5.02 Å². The van der Waals surface area contributed by atoms with E-state index in [0.29, 0.717) is 24.2 Å². The zero-order valence-electron chi connectivity index (χ0n) is 11.1. The van der Waals surface area contributed by atoms with Gasteiger partial charge in [0.25, 0.3) is 0 Å². The largest absolute Gasteiger partial charge is 0.383 e. The van der Waals surface area contributed by atoms with Gasteiger partial charge in [0.05, 0.1) is 11.1 Å². The van der Waals surface area contributed by atoms with Gasteiger partial charge in [-0.2, -0.15) is 0 Å². The lowest BCUT2D eigenvalue weighted by atomic mass is 9.98. The number of nitrogens with two attached hydrogens (primary N) is 1. The fourth-order valence-electron chi connectivity index (χ4n) is 2.10. The molecule has 1 aromatic carbocycles. The van der Waals surface area contributed by atoms with Crippen LogP contribution in [0.5, 0.6) is 0 Å². The van der Waals surface area contributed by atoms with Crippen molar-refractivity contribution in [3.63, 3.8) is 0 Å². The number of nitrogens with zero attached hydrogens (tertiary/aromatic N) is 1. The van der Waals surface area contributed by atoms with Crippen LogP contribution in [0, 0.1) is 17.5 Å². The van der Waals surface area contributed by atoms with Crippen LogP contribution in [0.3, 0.4) is 0 Å². The average molecular weight is 316 g/mol. The maximum Gasteiger partial charge on any atom is 0.134 e. The first kappa shape index (κ1) is 15.6. The minimum Gasteiger partial charge on any atom is -0.383 e. The first-order chi connectivity index (χ1) is 9.93. The second kappa shape index (κ2) is 6.32. The van der Waals surface area contributed by atoms with E-state index in [0.717, 1.165) is 0 Å². The molecule has 0 saturated heterocycles. The molecule has 1 unspecified atom stereocenters. The summed E-state index contributed by atoms with van der Waals surface area (Å²) >= 11 is 5.86. The molecule has 0 bridgehead atoms. The Balaban J connectivity index is 2.61. The number of pyridine rings is 1. The van der Waals surface area contributed by atoms with Gasteiger partial charge in [0.15, 0.2) is 0 Å². The van der Waals surface area contributed by atoms with E-state index in [1.165, 1.54) is 12.3 Å². The normalized spacial score (nSPS) is 12.4. The molecule has 1 heterocycles. The van der Waals surface area contributed by atoms with E-state index in [9.17, 15) is 13.2 Å². The molecule has 0 aliphatic carbocycles. The van der Waals surface area contributed by atoms with Crippen molar-refractivity contribution in [2.75, 3.05) is 12.3 Å². The molecule has 112 valence electrons. The molecule has 3 nitrogen and oxygen atoms in total. The van der Waals surface area contributed by atoms with E-state index in [1.54, 1.807) is 6.92 Å². The molecule has 7 heteroatoms. The summed E-state index contributed by atoms with van der Waals surface area (Å²) < 4.78 is 41.0. The van der Waals surface area contributed by atoms with E-state index in [2.05, 4.69) is 10.3 Å².